The van der Waals surface area contributed by atoms with Crippen molar-refractivity contribution in [3.63, 3.8) is 0 Å². The van der Waals surface area contributed by atoms with Crippen LogP contribution in [0.15, 0.2) is 0 Å². The molecule has 1 aromatic rings. The van der Waals surface area contributed by atoms with E-state index in [-0.39, 0.29) is 18.1 Å². The van der Waals surface area contributed by atoms with Crippen LogP contribution < -0.4 is 5.32 Å². The highest BCUT2D eigenvalue weighted by atomic mass is 32.1. The predicted molar refractivity (Wildman–Crippen MR) is 62.4 cm³/mol. The van der Waals surface area contributed by atoms with E-state index in [1.807, 2.05) is 20.8 Å². The summed E-state index contributed by atoms with van der Waals surface area (Å²) >= 11 is 1.09. The topological polar surface area (TPSA) is 72.0 Å². The summed E-state index contributed by atoms with van der Waals surface area (Å²) in [6.07, 6.45) is 0.210. The Kier molecular flexibility index (Phi) is 3.74. The molecule has 6 heteroatoms. The van der Waals surface area contributed by atoms with E-state index in [2.05, 4.69) is 14.7 Å². The maximum absolute atomic E-state index is 11.6. The molecule has 1 heterocycles. The lowest BCUT2D eigenvalue weighted by molar-refractivity contribution is -0.123. The van der Waals surface area contributed by atoms with Gasteiger partial charge in [0.1, 0.15) is 5.78 Å². The molecular weight excluding hydrogens is 226 g/mol. The summed E-state index contributed by atoms with van der Waals surface area (Å²) in [5.74, 6) is 0.353. The second-order valence-electron chi connectivity index (χ2n) is 4.60. The number of Topliss-reactive ketones (excluding diaryl/α,β-unsaturated/α-hetero) is 1. The summed E-state index contributed by atoms with van der Waals surface area (Å²) < 4.78 is 3.99. The summed E-state index contributed by atoms with van der Waals surface area (Å²) in [6.45, 7) is 6.94. The first-order chi connectivity index (χ1) is 7.29. The lowest BCUT2D eigenvalue weighted by atomic mass is 9.96. The monoisotopic (exact) mass is 241 g/mol. The quantitative estimate of drug-likeness (QED) is 0.873. The highest BCUT2D eigenvalue weighted by molar-refractivity contribution is 7.09. The lowest BCUT2D eigenvalue weighted by Crippen LogP contribution is -2.27. The molecule has 1 rings (SSSR count). The van der Waals surface area contributed by atoms with Gasteiger partial charge < -0.3 is 5.32 Å². The molecule has 88 valence electrons. The van der Waals surface area contributed by atoms with Crippen LogP contribution in [0.4, 0.5) is 5.13 Å². The summed E-state index contributed by atoms with van der Waals surface area (Å²) in [4.78, 5) is 26.5. The Morgan fingerprint density at radius 1 is 1.38 bits per heavy atom. The minimum Gasteiger partial charge on any atom is -0.300 e. The highest BCUT2D eigenvalue weighted by Gasteiger charge is 2.22. The van der Waals surface area contributed by atoms with Crippen molar-refractivity contribution in [2.24, 2.45) is 5.41 Å². The van der Waals surface area contributed by atoms with Gasteiger partial charge in [-0.15, -0.1) is 0 Å². The van der Waals surface area contributed by atoms with Crippen LogP contribution in [-0.2, 0) is 16.0 Å². The Hall–Kier alpha value is -1.30. The van der Waals surface area contributed by atoms with Crippen LogP contribution in [-0.4, -0.2) is 21.0 Å². The van der Waals surface area contributed by atoms with Gasteiger partial charge >= 0.3 is 0 Å². The van der Waals surface area contributed by atoms with Gasteiger partial charge in [0, 0.05) is 16.9 Å². The fourth-order valence-electron chi connectivity index (χ4n) is 0.884. The van der Waals surface area contributed by atoms with Crippen LogP contribution in [0, 0.1) is 5.41 Å². The second kappa shape index (κ2) is 4.69. The number of carbonyl (C=O) groups is 2. The standard InChI is InChI=1S/C10H15N3O2S/c1-6(14)5-7-11-9(16-13-7)12-8(15)10(2,3)4/h5H2,1-4H3,(H,11,12,13,15). The number of nitrogens with one attached hydrogen (secondary N) is 1. The fraction of sp³-hybridized carbons (Fsp3) is 0.600. The third-order valence-electron chi connectivity index (χ3n) is 1.78. The zero-order valence-electron chi connectivity index (χ0n) is 9.83. The maximum Gasteiger partial charge on any atom is 0.231 e. The van der Waals surface area contributed by atoms with Crippen LogP contribution in [0.2, 0.25) is 0 Å². The van der Waals surface area contributed by atoms with Crippen molar-refractivity contribution in [1.82, 2.24) is 9.36 Å². The number of nitrogens with zero attached hydrogens (tertiary/aromatic N) is 2. The van der Waals surface area contributed by atoms with Gasteiger partial charge in [-0.05, 0) is 6.92 Å². The van der Waals surface area contributed by atoms with Crippen LogP contribution in [0.5, 0.6) is 0 Å². The van der Waals surface area contributed by atoms with E-state index in [1.54, 1.807) is 0 Å². The number of aromatic nitrogens is 2. The third kappa shape index (κ3) is 3.69. The summed E-state index contributed by atoms with van der Waals surface area (Å²) in [5.41, 5.74) is -0.466. The Labute approximate surface area is 98.4 Å². The van der Waals surface area contributed by atoms with Crippen LogP contribution in [0.3, 0.4) is 0 Å². The predicted octanol–water partition coefficient (Wildman–Crippen LogP) is 1.65. The molecule has 16 heavy (non-hydrogen) atoms. The smallest absolute Gasteiger partial charge is 0.231 e. The minimum absolute atomic E-state index is 0.00602. The van der Waals surface area contributed by atoms with Gasteiger partial charge in [0.25, 0.3) is 0 Å². The van der Waals surface area contributed by atoms with Gasteiger partial charge in [0.2, 0.25) is 11.0 Å². The van der Waals surface area contributed by atoms with Gasteiger partial charge in [0.05, 0.1) is 6.42 Å². The molecule has 0 fully saturated rings. The molecule has 0 aliphatic carbocycles. The first kappa shape index (κ1) is 12.8. The molecule has 0 atom stereocenters. The SMILES string of the molecule is CC(=O)Cc1nsc(NC(=O)C(C)(C)C)n1. The van der Waals surface area contributed by atoms with Gasteiger partial charge in [-0.3, -0.25) is 9.59 Å². The number of carbonyl (C=O) groups excluding carboxylic acids is 2. The first-order valence-corrected chi connectivity index (χ1v) is 5.70. The molecule has 1 aromatic heterocycles. The van der Waals surface area contributed by atoms with Crippen molar-refractivity contribution in [3.05, 3.63) is 5.82 Å². The molecule has 0 bridgehead atoms. The molecule has 0 radical (unpaired) electrons. The van der Waals surface area contributed by atoms with E-state index in [9.17, 15) is 9.59 Å². The summed E-state index contributed by atoms with van der Waals surface area (Å²) in [7, 11) is 0. The number of anilines is 1. The van der Waals surface area contributed by atoms with Crippen molar-refractivity contribution >= 4 is 28.4 Å². The van der Waals surface area contributed by atoms with E-state index in [1.165, 1.54) is 6.92 Å². The van der Waals surface area contributed by atoms with E-state index in [0.29, 0.717) is 11.0 Å². The third-order valence-corrected chi connectivity index (χ3v) is 2.45. The lowest BCUT2D eigenvalue weighted by Gasteiger charge is -2.15. The normalized spacial score (nSPS) is 11.2. The molecule has 0 unspecified atom stereocenters. The molecule has 0 aliphatic heterocycles. The largest absolute Gasteiger partial charge is 0.300 e. The molecule has 0 aromatic carbocycles. The molecule has 0 saturated heterocycles. The van der Waals surface area contributed by atoms with Crippen LogP contribution >= 0.6 is 11.5 Å². The number of amides is 1. The molecule has 0 spiro atoms. The summed E-state index contributed by atoms with van der Waals surface area (Å²) in [5, 5.41) is 3.11. The van der Waals surface area contributed by atoms with Gasteiger partial charge in [-0.1, -0.05) is 20.8 Å². The van der Waals surface area contributed by atoms with Crippen molar-refractivity contribution in [2.45, 2.75) is 34.1 Å². The van der Waals surface area contributed by atoms with Crippen molar-refractivity contribution in [2.75, 3.05) is 5.32 Å². The minimum atomic E-state index is -0.466. The van der Waals surface area contributed by atoms with Gasteiger partial charge in [-0.25, -0.2) is 4.98 Å². The Morgan fingerprint density at radius 3 is 2.50 bits per heavy atom. The van der Waals surface area contributed by atoms with Gasteiger partial charge in [0.15, 0.2) is 5.82 Å². The van der Waals surface area contributed by atoms with E-state index >= 15 is 0 Å². The Morgan fingerprint density at radius 2 is 2.00 bits per heavy atom. The molecule has 5 nitrogen and oxygen atoms in total. The van der Waals surface area contributed by atoms with E-state index in [4.69, 9.17) is 0 Å². The number of hydrogen-bond acceptors (Lipinski definition) is 5. The zero-order valence-corrected chi connectivity index (χ0v) is 10.6. The fourth-order valence-corrected chi connectivity index (χ4v) is 1.47. The average Bonchev–Trinajstić information content (AvgIpc) is 2.49. The van der Waals surface area contributed by atoms with Gasteiger partial charge in [-0.2, -0.15) is 4.37 Å². The zero-order chi connectivity index (χ0) is 12.3. The first-order valence-electron chi connectivity index (χ1n) is 4.92. The van der Waals surface area contributed by atoms with Crippen LogP contribution in [0.1, 0.15) is 33.5 Å². The molecular formula is C10H15N3O2S. The number of hydrogen-bond donors (Lipinski definition) is 1. The van der Waals surface area contributed by atoms with Crippen molar-refractivity contribution in [3.8, 4) is 0 Å². The van der Waals surface area contributed by atoms with E-state index in [0.717, 1.165) is 11.5 Å². The number of rotatable bonds is 3. The molecule has 1 amide bonds. The number of ketones is 1. The van der Waals surface area contributed by atoms with Crippen molar-refractivity contribution in [1.29, 1.82) is 0 Å². The average molecular weight is 241 g/mol. The maximum atomic E-state index is 11.6. The molecule has 0 saturated carbocycles. The van der Waals surface area contributed by atoms with E-state index < -0.39 is 5.41 Å². The Bertz CT molecular complexity index is 406. The van der Waals surface area contributed by atoms with Crippen molar-refractivity contribution < 1.29 is 9.59 Å². The molecule has 0 aliphatic rings. The second-order valence-corrected chi connectivity index (χ2v) is 5.35. The highest BCUT2D eigenvalue weighted by Crippen LogP contribution is 2.18. The summed E-state index contributed by atoms with van der Waals surface area (Å²) in [6, 6.07) is 0. The molecule has 1 N–H and O–H groups in total. The van der Waals surface area contributed by atoms with Crippen LogP contribution in [0.25, 0.3) is 0 Å². The Balaban J connectivity index is 2.66.